The Morgan fingerprint density at radius 3 is 2.32 bits per heavy atom. The van der Waals surface area contributed by atoms with Gasteiger partial charge >= 0.3 is 0 Å². The number of nitrogens with one attached hydrogen (secondary N) is 1. The van der Waals surface area contributed by atoms with E-state index in [-0.39, 0.29) is 24.2 Å². The van der Waals surface area contributed by atoms with Gasteiger partial charge in [-0.25, -0.2) is 0 Å². The van der Waals surface area contributed by atoms with E-state index >= 15 is 0 Å². The van der Waals surface area contributed by atoms with E-state index in [1.54, 1.807) is 0 Å². The molecule has 5 nitrogen and oxygen atoms in total. The number of carbonyl (C=O) groups excluding carboxylic acids is 1. The standard InChI is InChI=1S/C19H32N4O.ClH/c1-16(2)18(20)19(24)21-9-6-10-22-11-13-23(14-12-22)15-17-7-4-3-5-8-17;/h3-5,7-8,16,18H,6,9-15,20H2,1-2H3,(H,21,24);1H/t18-;/m0./s1. The first-order valence-electron chi connectivity index (χ1n) is 9.08. The molecule has 1 aliphatic rings. The zero-order chi connectivity index (χ0) is 17.4. The third kappa shape index (κ3) is 7.74. The average Bonchev–Trinajstić information content (AvgIpc) is 2.60. The van der Waals surface area contributed by atoms with Crippen molar-refractivity contribution in [3.05, 3.63) is 35.9 Å². The summed E-state index contributed by atoms with van der Waals surface area (Å²) in [5.41, 5.74) is 7.22. The maximum Gasteiger partial charge on any atom is 0.237 e. The molecular weight excluding hydrogens is 336 g/mol. The lowest BCUT2D eigenvalue weighted by Crippen LogP contribution is -2.47. The Morgan fingerprint density at radius 1 is 1.12 bits per heavy atom. The Bertz CT molecular complexity index is 489. The lowest BCUT2D eigenvalue weighted by molar-refractivity contribution is -0.123. The van der Waals surface area contributed by atoms with Gasteiger partial charge < -0.3 is 16.0 Å². The molecular formula is C19H33ClN4O. The number of nitrogens with zero attached hydrogens (tertiary/aromatic N) is 2. The van der Waals surface area contributed by atoms with Crippen LogP contribution in [0.4, 0.5) is 0 Å². The number of benzene rings is 1. The molecule has 0 radical (unpaired) electrons. The van der Waals surface area contributed by atoms with Gasteiger partial charge in [-0.1, -0.05) is 44.2 Å². The summed E-state index contributed by atoms with van der Waals surface area (Å²) >= 11 is 0. The van der Waals surface area contributed by atoms with Gasteiger partial charge in [0.2, 0.25) is 5.91 Å². The summed E-state index contributed by atoms with van der Waals surface area (Å²) in [4.78, 5) is 16.8. The van der Waals surface area contributed by atoms with Gasteiger partial charge in [-0.15, -0.1) is 12.4 Å². The molecule has 1 atom stereocenters. The number of amides is 1. The molecule has 1 aromatic rings. The maximum atomic E-state index is 11.8. The van der Waals surface area contributed by atoms with Gasteiger partial charge in [0.25, 0.3) is 0 Å². The Kier molecular flexibility index (Phi) is 10.0. The first-order valence-corrected chi connectivity index (χ1v) is 9.08. The summed E-state index contributed by atoms with van der Waals surface area (Å²) in [6.45, 7) is 11.2. The van der Waals surface area contributed by atoms with Crippen molar-refractivity contribution in [1.29, 1.82) is 0 Å². The van der Waals surface area contributed by atoms with Gasteiger partial charge in [0, 0.05) is 39.3 Å². The molecule has 0 aromatic heterocycles. The number of piperazine rings is 1. The molecule has 1 saturated heterocycles. The molecule has 1 fully saturated rings. The second kappa shape index (κ2) is 11.5. The minimum atomic E-state index is -0.397. The highest BCUT2D eigenvalue weighted by molar-refractivity contribution is 5.85. The topological polar surface area (TPSA) is 61.6 Å². The quantitative estimate of drug-likeness (QED) is 0.686. The van der Waals surface area contributed by atoms with Crippen molar-refractivity contribution >= 4 is 18.3 Å². The molecule has 1 amide bonds. The Morgan fingerprint density at radius 2 is 1.72 bits per heavy atom. The van der Waals surface area contributed by atoms with Crippen LogP contribution in [0.25, 0.3) is 0 Å². The van der Waals surface area contributed by atoms with E-state index in [0.29, 0.717) is 6.54 Å². The monoisotopic (exact) mass is 368 g/mol. The fraction of sp³-hybridized carbons (Fsp3) is 0.632. The number of rotatable bonds is 8. The summed E-state index contributed by atoms with van der Waals surface area (Å²) in [6, 6.07) is 10.3. The molecule has 0 saturated carbocycles. The second-order valence-electron chi connectivity index (χ2n) is 7.02. The van der Waals surface area contributed by atoms with E-state index in [1.165, 1.54) is 5.56 Å². The van der Waals surface area contributed by atoms with Crippen molar-refractivity contribution in [1.82, 2.24) is 15.1 Å². The highest BCUT2D eigenvalue weighted by Gasteiger charge is 2.18. The van der Waals surface area contributed by atoms with Crippen molar-refractivity contribution < 1.29 is 4.79 Å². The molecule has 3 N–H and O–H groups in total. The summed E-state index contributed by atoms with van der Waals surface area (Å²) < 4.78 is 0. The highest BCUT2D eigenvalue weighted by Crippen LogP contribution is 2.08. The molecule has 0 spiro atoms. The largest absolute Gasteiger partial charge is 0.355 e. The average molecular weight is 369 g/mol. The van der Waals surface area contributed by atoms with E-state index in [9.17, 15) is 4.79 Å². The molecule has 6 heteroatoms. The summed E-state index contributed by atoms with van der Waals surface area (Å²) in [5.74, 6) is 0.153. The number of hydrogen-bond donors (Lipinski definition) is 2. The summed E-state index contributed by atoms with van der Waals surface area (Å²) in [6.07, 6.45) is 0.981. The SMILES string of the molecule is CC(C)[C@H](N)C(=O)NCCCN1CCN(Cc2ccccc2)CC1.Cl. The smallest absolute Gasteiger partial charge is 0.237 e. The number of nitrogens with two attached hydrogens (primary N) is 1. The van der Waals surface area contributed by atoms with Crippen LogP contribution in [0.15, 0.2) is 30.3 Å². The van der Waals surface area contributed by atoms with E-state index in [2.05, 4.69) is 45.4 Å². The number of carbonyl (C=O) groups is 1. The van der Waals surface area contributed by atoms with Crippen molar-refractivity contribution in [2.45, 2.75) is 32.9 Å². The van der Waals surface area contributed by atoms with Gasteiger partial charge in [-0.2, -0.15) is 0 Å². The highest BCUT2D eigenvalue weighted by atomic mass is 35.5. The van der Waals surface area contributed by atoms with Gasteiger partial charge in [0.15, 0.2) is 0 Å². The lowest BCUT2D eigenvalue weighted by atomic mass is 10.1. The fourth-order valence-electron chi connectivity index (χ4n) is 2.95. The molecule has 0 aliphatic carbocycles. The van der Waals surface area contributed by atoms with Crippen LogP contribution < -0.4 is 11.1 Å². The Labute approximate surface area is 158 Å². The fourth-order valence-corrected chi connectivity index (χ4v) is 2.95. The van der Waals surface area contributed by atoms with E-state index in [1.807, 2.05) is 13.8 Å². The van der Waals surface area contributed by atoms with Gasteiger partial charge in [0.05, 0.1) is 6.04 Å². The zero-order valence-corrected chi connectivity index (χ0v) is 16.3. The van der Waals surface area contributed by atoms with E-state index in [0.717, 1.165) is 45.7 Å². The Hall–Kier alpha value is -1.14. The van der Waals surface area contributed by atoms with Crippen molar-refractivity contribution in [2.75, 3.05) is 39.3 Å². The molecule has 2 rings (SSSR count). The van der Waals surface area contributed by atoms with Gasteiger partial charge in [-0.3, -0.25) is 9.69 Å². The normalized spacial score (nSPS) is 17.1. The van der Waals surface area contributed by atoms with Crippen LogP contribution >= 0.6 is 12.4 Å². The number of halogens is 1. The van der Waals surface area contributed by atoms with Gasteiger partial charge in [-0.05, 0) is 24.4 Å². The molecule has 1 heterocycles. The summed E-state index contributed by atoms with van der Waals surface area (Å²) in [7, 11) is 0. The third-order valence-corrected chi connectivity index (χ3v) is 4.69. The van der Waals surface area contributed by atoms with Crippen LogP contribution in [0.3, 0.4) is 0 Å². The third-order valence-electron chi connectivity index (χ3n) is 4.69. The first-order chi connectivity index (χ1) is 11.6. The van der Waals surface area contributed by atoms with E-state index in [4.69, 9.17) is 5.73 Å². The number of hydrogen-bond acceptors (Lipinski definition) is 4. The lowest BCUT2D eigenvalue weighted by Gasteiger charge is -2.34. The van der Waals surface area contributed by atoms with E-state index < -0.39 is 6.04 Å². The Balaban J connectivity index is 0.00000312. The molecule has 142 valence electrons. The predicted octanol–water partition coefficient (Wildman–Crippen LogP) is 1.72. The van der Waals surface area contributed by atoms with Crippen LogP contribution in [0.1, 0.15) is 25.8 Å². The minimum Gasteiger partial charge on any atom is -0.355 e. The minimum absolute atomic E-state index is 0. The van der Waals surface area contributed by atoms with Crippen LogP contribution in [0, 0.1) is 5.92 Å². The first kappa shape index (κ1) is 21.9. The van der Waals surface area contributed by atoms with Crippen molar-refractivity contribution in [3.8, 4) is 0 Å². The molecule has 1 aromatic carbocycles. The van der Waals surface area contributed by atoms with Crippen LogP contribution in [-0.2, 0) is 11.3 Å². The summed E-state index contributed by atoms with van der Waals surface area (Å²) in [5, 5.41) is 2.94. The van der Waals surface area contributed by atoms with Crippen molar-refractivity contribution in [2.24, 2.45) is 11.7 Å². The molecule has 1 aliphatic heterocycles. The van der Waals surface area contributed by atoms with Crippen LogP contribution in [0.5, 0.6) is 0 Å². The van der Waals surface area contributed by atoms with Crippen molar-refractivity contribution in [3.63, 3.8) is 0 Å². The second-order valence-corrected chi connectivity index (χ2v) is 7.02. The molecule has 25 heavy (non-hydrogen) atoms. The predicted molar refractivity (Wildman–Crippen MR) is 106 cm³/mol. The van der Waals surface area contributed by atoms with Gasteiger partial charge in [0.1, 0.15) is 0 Å². The molecule has 0 bridgehead atoms. The maximum absolute atomic E-state index is 11.8. The zero-order valence-electron chi connectivity index (χ0n) is 15.5. The van der Waals surface area contributed by atoms with Crippen LogP contribution in [0.2, 0.25) is 0 Å². The molecule has 0 unspecified atom stereocenters. The van der Waals surface area contributed by atoms with Crippen LogP contribution in [-0.4, -0.2) is 61.0 Å².